The molecule has 1 unspecified atom stereocenters. The van der Waals surface area contributed by atoms with Gasteiger partial charge in [-0.25, -0.2) is 0 Å². The molecule has 148 valence electrons. The van der Waals surface area contributed by atoms with E-state index >= 15 is 0 Å². The Bertz CT molecular complexity index is 820. The maximum absolute atomic E-state index is 13.0. The fourth-order valence-corrected chi connectivity index (χ4v) is 4.92. The zero-order valence-electron chi connectivity index (χ0n) is 16.0. The summed E-state index contributed by atoms with van der Waals surface area (Å²) in [6, 6.07) is 11.7. The Morgan fingerprint density at radius 3 is 2.82 bits per heavy atom. The van der Waals surface area contributed by atoms with Crippen molar-refractivity contribution in [2.75, 3.05) is 26.2 Å². The highest BCUT2D eigenvalue weighted by molar-refractivity contribution is 7.10. The summed E-state index contributed by atoms with van der Waals surface area (Å²) in [4.78, 5) is 30.8. The highest BCUT2D eigenvalue weighted by Crippen LogP contribution is 2.27. The highest BCUT2D eigenvalue weighted by Gasteiger charge is 2.32. The van der Waals surface area contributed by atoms with Crippen LogP contribution in [-0.2, 0) is 22.6 Å². The Balaban J connectivity index is 1.27. The van der Waals surface area contributed by atoms with Gasteiger partial charge in [0.2, 0.25) is 11.8 Å². The van der Waals surface area contributed by atoms with E-state index in [-0.39, 0.29) is 17.7 Å². The summed E-state index contributed by atoms with van der Waals surface area (Å²) in [5.74, 6) is 0.981. The lowest BCUT2D eigenvalue weighted by Crippen LogP contribution is -2.47. The van der Waals surface area contributed by atoms with Gasteiger partial charge in [-0.1, -0.05) is 18.2 Å². The van der Waals surface area contributed by atoms with Gasteiger partial charge in [0.05, 0.1) is 18.9 Å². The van der Waals surface area contributed by atoms with Crippen molar-refractivity contribution in [1.29, 1.82) is 0 Å². The van der Waals surface area contributed by atoms with Gasteiger partial charge in [-0.05, 0) is 48.4 Å². The fourth-order valence-electron chi connectivity index (χ4n) is 4.03. The van der Waals surface area contributed by atoms with E-state index in [2.05, 4.69) is 11.4 Å². The molecule has 6 heteroatoms. The first-order chi connectivity index (χ1) is 13.7. The maximum Gasteiger partial charge on any atom is 0.227 e. The van der Waals surface area contributed by atoms with Gasteiger partial charge < -0.3 is 14.5 Å². The Morgan fingerprint density at radius 1 is 1.11 bits per heavy atom. The lowest BCUT2D eigenvalue weighted by atomic mass is 9.95. The molecule has 2 aliphatic rings. The molecule has 0 spiro atoms. The molecule has 2 aliphatic heterocycles. The normalized spacial score (nSPS) is 19.2. The first-order valence-electron chi connectivity index (χ1n) is 10.0. The van der Waals surface area contributed by atoms with Crippen LogP contribution in [0.15, 0.2) is 41.8 Å². The molecule has 0 N–H and O–H groups in total. The van der Waals surface area contributed by atoms with Crippen LogP contribution in [0.4, 0.5) is 0 Å². The van der Waals surface area contributed by atoms with Crippen molar-refractivity contribution in [2.24, 2.45) is 5.92 Å². The predicted octanol–water partition coefficient (Wildman–Crippen LogP) is 3.34. The smallest absolute Gasteiger partial charge is 0.227 e. The van der Waals surface area contributed by atoms with Crippen LogP contribution in [0.1, 0.15) is 29.7 Å². The van der Waals surface area contributed by atoms with Crippen LogP contribution in [0.25, 0.3) is 0 Å². The van der Waals surface area contributed by atoms with Crippen molar-refractivity contribution in [1.82, 2.24) is 9.80 Å². The second kappa shape index (κ2) is 8.78. The number of nitrogens with zero attached hydrogens (tertiary/aromatic N) is 2. The van der Waals surface area contributed by atoms with E-state index in [1.54, 1.807) is 11.3 Å². The van der Waals surface area contributed by atoms with E-state index in [1.807, 2.05) is 40.1 Å². The van der Waals surface area contributed by atoms with Gasteiger partial charge >= 0.3 is 0 Å². The average Bonchev–Trinajstić information content (AvgIpc) is 3.22. The molecule has 28 heavy (non-hydrogen) atoms. The summed E-state index contributed by atoms with van der Waals surface area (Å²) in [5, 5.41) is 2.11. The second-order valence-electron chi connectivity index (χ2n) is 7.47. The van der Waals surface area contributed by atoms with Gasteiger partial charge in [-0.3, -0.25) is 9.59 Å². The number of carbonyl (C=O) groups is 2. The monoisotopic (exact) mass is 398 g/mol. The molecule has 2 aromatic rings. The first-order valence-corrected chi connectivity index (χ1v) is 10.9. The van der Waals surface area contributed by atoms with E-state index in [0.717, 1.165) is 38.1 Å². The van der Waals surface area contributed by atoms with Crippen LogP contribution >= 0.6 is 11.3 Å². The van der Waals surface area contributed by atoms with Crippen molar-refractivity contribution < 1.29 is 14.3 Å². The van der Waals surface area contributed by atoms with Gasteiger partial charge in [0.1, 0.15) is 5.75 Å². The van der Waals surface area contributed by atoms with Crippen LogP contribution in [-0.4, -0.2) is 47.9 Å². The molecule has 1 saturated heterocycles. The van der Waals surface area contributed by atoms with E-state index in [4.69, 9.17) is 4.74 Å². The number of amides is 2. The van der Waals surface area contributed by atoms with Crippen LogP contribution in [0, 0.1) is 5.92 Å². The van der Waals surface area contributed by atoms with Crippen molar-refractivity contribution in [3.8, 4) is 5.75 Å². The van der Waals surface area contributed by atoms with Crippen molar-refractivity contribution in [3.63, 3.8) is 0 Å². The molecule has 0 bridgehead atoms. The number of ether oxygens (including phenoxy) is 1. The number of thiophene rings is 1. The van der Waals surface area contributed by atoms with Gasteiger partial charge in [-0.2, -0.15) is 0 Å². The molecule has 3 heterocycles. The maximum atomic E-state index is 13.0. The van der Waals surface area contributed by atoms with E-state index in [1.165, 1.54) is 10.4 Å². The van der Waals surface area contributed by atoms with Crippen LogP contribution in [0.3, 0.4) is 0 Å². The number of hydrogen-bond donors (Lipinski definition) is 0. The number of para-hydroxylation sites is 1. The molecule has 1 fully saturated rings. The number of benzene rings is 1. The quantitative estimate of drug-likeness (QED) is 0.776. The molecule has 2 amide bonds. The summed E-state index contributed by atoms with van der Waals surface area (Å²) >= 11 is 1.78. The summed E-state index contributed by atoms with van der Waals surface area (Å²) < 4.78 is 5.64. The minimum atomic E-state index is -0.0760. The third kappa shape index (κ3) is 4.38. The third-order valence-corrected chi connectivity index (χ3v) is 6.59. The number of fused-ring (bicyclic) bond motifs is 1. The molecule has 4 rings (SSSR count). The molecule has 0 aliphatic carbocycles. The van der Waals surface area contributed by atoms with Gasteiger partial charge in [0.15, 0.2) is 0 Å². The fraction of sp³-hybridized carbons (Fsp3) is 0.455. The number of piperidine rings is 1. The Kier molecular flexibility index (Phi) is 5.95. The molecular formula is C22H26N2O3S. The van der Waals surface area contributed by atoms with E-state index in [9.17, 15) is 9.59 Å². The third-order valence-electron chi connectivity index (χ3n) is 5.57. The standard InChI is InChI=1S/C22H26N2O3S/c25-21(9-13-27-19-6-2-1-3-7-19)23-11-4-5-18(16-23)22(26)24-12-8-20-17(15-24)10-14-28-20/h1-3,6-7,10,14,18H,4-5,8-9,11-13,15-16H2. The zero-order valence-corrected chi connectivity index (χ0v) is 16.8. The Hall–Kier alpha value is -2.34. The number of carbonyl (C=O) groups excluding carboxylic acids is 2. The molecule has 0 radical (unpaired) electrons. The molecule has 1 aromatic heterocycles. The van der Waals surface area contributed by atoms with Crippen LogP contribution in [0.5, 0.6) is 5.75 Å². The number of likely N-dealkylation sites (tertiary alicyclic amines) is 1. The van der Waals surface area contributed by atoms with Crippen molar-refractivity contribution >= 4 is 23.2 Å². The number of hydrogen-bond acceptors (Lipinski definition) is 4. The Morgan fingerprint density at radius 2 is 1.96 bits per heavy atom. The van der Waals surface area contributed by atoms with Gasteiger partial charge in [0.25, 0.3) is 0 Å². The number of rotatable bonds is 5. The lowest BCUT2D eigenvalue weighted by Gasteiger charge is -2.36. The summed E-state index contributed by atoms with van der Waals surface area (Å²) in [7, 11) is 0. The lowest BCUT2D eigenvalue weighted by molar-refractivity contribution is -0.141. The van der Waals surface area contributed by atoms with Crippen LogP contribution < -0.4 is 4.74 Å². The zero-order chi connectivity index (χ0) is 19.3. The minimum absolute atomic E-state index is 0.0760. The molecule has 1 aromatic carbocycles. The summed E-state index contributed by atoms with van der Waals surface area (Å²) in [5.41, 5.74) is 1.28. The van der Waals surface area contributed by atoms with Gasteiger partial charge in [0, 0.05) is 31.1 Å². The second-order valence-corrected chi connectivity index (χ2v) is 8.47. The molecular weight excluding hydrogens is 372 g/mol. The summed E-state index contributed by atoms with van der Waals surface area (Å²) in [6.45, 7) is 3.15. The molecule has 0 saturated carbocycles. The van der Waals surface area contributed by atoms with Crippen molar-refractivity contribution in [3.05, 3.63) is 52.2 Å². The van der Waals surface area contributed by atoms with E-state index in [0.29, 0.717) is 26.1 Å². The predicted molar refractivity (Wildman–Crippen MR) is 109 cm³/mol. The molecule has 1 atom stereocenters. The highest BCUT2D eigenvalue weighted by atomic mass is 32.1. The van der Waals surface area contributed by atoms with Crippen molar-refractivity contribution in [2.45, 2.75) is 32.2 Å². The summed E-state index contributed by atoms with van der Waals surface area (Å²) in [6.07, 6.45) is 3.05. The average molecular weight is 399 g/mol. The minimum Gasteiger partial charge on any atom is -0.493 e. The SMILES string of the molecule is O=C(CCOc1ccccc1)N1CCCC(C(=O)N2CCc3sccc3C2)C1. The van der Waals surface area contributed by atoms with E-state index < -0.39 is 0 Å². The Labute approximate surface area is 169 Å². The first kappa shape index (κ1) is 19.0. The van der Waals surface area contributed by atoms with Crippen LogP contribution in [0.2, 0.25) is 0 Å². The largest absolute Gasteiger partial charge is 0.493 e. The van der Waals surface area contributed by atoms with Gasteiger partial charge in [-0.15, -0.1) is 11.3 Å². The topological polar surface area (TPSA) is 49.9 Å². The molecule has 5 nitrogen and oxygen atoms in total.